The maximum atomic E-state index is 10.3. The molecule has 60 valence electrons. The number of hydrogen-bond donors (Lipinski definition) is 2. The van der Waals surface area contributed by atoms with Gasteiger partial charge in [-0.05, 0) is 12.2 Å². The van der Waals surface area contributed by atoms with Crippen LogP contribution < -0.4 is 5.73 Å². The minimum atomic E-state index is -0.773. The van der Waals surface area contributed by atoms with E-state index in [2.05, 4.69) is 0 Å². The van der Waals surface area contributed by atoms with Crippen LogP contribution in [-0.2, 0) is 4.79 Å². The van der Waals surface area contributed by atoms with Crippen LogP contribution in [0.3, 0.4) is 0 Å². The first-order chi connectivity index (χ1) is 4.22. The molecule has 1 heterocycles. The summed E-state index contributed by atoms with van der Waals surface area (Å²) in [4.78, 5) is 10.3. The predicted octanol–water partition coefficient (Wildman–Crippen LogP) is 0.326. The van der Waals surface area contributed by atoms with E-state index in [0.717, 1.165) is 12.2 Å². The van der Waals surface area contributed by atoms with Crippen LogP contribution in [0.2, 0.25) is 0 Å². The number of nitrogens with two attached hydrogens (primary N) is 1. The van der Waals surface area contributed by atoms with Gasteiger partial charge < -0.3 is 10.8 Å². The molecule has 3 nitrogen and oxygen atoms in total. The average Bonchev–Trinajstić information content (AvgIpc) is 2.13. The van der Waals surface area contributed by atoms with E-state index in [9.17, 15) is 4.79 Å². The van der Waals surface area contributed by atoms with Crippen molar-refractivity contribution in [1.82, 2.24) is 0 Å². The molecule has 1 fully saturated rings. The van der Waals surface area contributed by atoms with Gasteiger partial charge in [0.05, 0.1) is 0 Å². The Labute approximate surface area is 69.8 Å². The fourth-order valence-electron chi connectivity index (χ4n) is 0.860. The minimum absolute atomic E-state index is 0. The van der Waals surface area contributed by atoms with Crippen molar-refractivity contribution in [2.45, 2.75) is 17.7 Å². The molecule has 2 atom stereocenters. The largest absolute Gasteiger partial charge is 0.480 e. The molecule has 1 rings (SSSR count). The molecule has 0 radical (unpaired) electrons. The van der Waals surface area contributed by atoms with Crippen molar-refractivity contribution < 1.29 is 9.90 Å². The summed E-state index contributed by atoms with van der Waals surface area (Å²) >= 11 is 1.43. The van der Waals surface area contributed by atoms with Gasteiger partial charge in [0.15, 0.2) is 0 Å². The molecule has 3 N–H and O–H groups in total. The van der Waals surface area contributed by atoms with Crippen LogP contribution in [0.1, 0.15) is 6.42 Å². The summed E-state index contributed by atoms with van der Waals surface area (Å²) in [5.41, 5.74) is 5.48. The molecule has 1 aliphatic heterocycles. The van der Waals surface area contributed by atoms with Crippen molar-refractivity contribution in [2.75, 3.05) is 5.75 Å². The fourth-order valence-corrected chi connectivity index (χ4v) is 2.05. The van der Waals surface area contributed by atoms with Crippen LogP contribution in [0.5, 0.6) is 0 Å². The Hall–Kier alpha value is 0.0700. The van der Waals surface area contributed by atoms with Gasteiger partial charge in [-0.3, -0.25) is 4.79 Å². The zero-order chi connectivity index (χ0) is 6.85. The van der Waals surface area contributed by atoms with Crippen molar-refractivity contribution in [3.05, 3.63) is 0 Å². The van der Waals surface area contributed by atoms with Gasteiger partial charge in [0.25, 0.3) is 0 Å². The number of thioether (sulfide) groups is 1. The van der Waals surface area contributed by atoms with E-state index in [1.807, 2.05) is 0 Å². The zero-order valence-electron chi connectivity index (χ0n) is 5.32. The second kappa shape index (κ2) is 4.05. The Morgan fingerprint density at radius 1 is 1.70 bits per heavy atom. The van der Waals surface area contributed by atoms with Crippen LogP contribution in [-0.4, -0.2) is 28.1 Å². The number of aliphatic carboxylic acids is 1. The van der Waals surface area contributed by atoms with Gasteiger partial charge in [-0.2, -0.15) is 0 Å². The first kappa shape index (κ1) is 10.1. The van der Waals surface area contributed by atoms with Gasteiger partial charge in [0.1, 0.15) is 5.25 Å². The predicted molar refractivity (Wildman–Crippen MR) is 43.7 cm³/mol. The lowest BCUT2D eigenvalue weighted by molar-refractivity contribution is -0.136. The molecule has 0 unspecified atom stereocenters. The Bertz CT molecular complexity index is 133. The second-order valence-electron chi connectivity index (χ2n) is 2.08. The van der Waals surface area contributed by atoms with Gasteiger partial charge in [-0.1, -0.05) is 0 Å². The number of rotatable bonds is 1. The first-order valence-electron chi connectivity index (χ1n) is 2.82. The molecule has 0 aliphatic carbocycles. The normalized spacial score (nSPS) is 31.3. The standard InChI is InChI=1S/C5H9NO2S.ClH/c6-3-1-2-9-4(3)5(7)8;/h3-4H,1-2,6H2,(H,7,8);1H/t3-,4+;/m0./s1. The van der Waals surface area contributed by atoms with Crippen LogP contribution in [0.25, 0.3) is 0 Å². The lowest BCUT2D eigenvalue weighted by Crippen LogP contribution is -2.33. The third kappa shape index (κ3) is 2.04. The lowest BCUT2D eigenvalue weighted by Gasteiger charge is -2.06. The molecular formula is C5H10ClNO2S. The maximum Gasteiger partial charge on any atom is 0.318 e. The van der Waals surface area contributed by atoms with E-state index in [0.29, 0.717) is 0 Å². The van der Waals surface area contributed by atoms with Crippen LogP contribution in [0.4, 0.5) is 0 Å². The van der Waals surface area contributed by atoms with Crippen molar-refractivity contribution in [3.63, 3.8) is 0 Å². The third-order valence-corrected chi connectivity index (χ3v) is 2.76. The quantitative estimate of drug-likeness (QED) is 0.615. The summed E-state index contributed by atoms with van der Waals surface area (Å²) in [5, 5.41) is 8.13. The Kier molecular flexibility index (Phi) is 4.08. The van der Waals surface area contributed by atoms with E-state index in [1.165, 1.54) is 11.8 Å². The number of carboxylic acid groups (broad SMARTS) is 1. The topological polar surface area (TPSA) is 63.3 Å². The molecule has 0 aromatic rings. The highest BCUT2D eigenvalue weighted by atomic mass is 35.5. The molecule has 0 bridgehead atoms. The Balaban J connectivity index is 0.000000810. The number of hydrogen-bond acceptors (Lipinski definition) is 3. The summed E-state index contributed by atoms with van der Waals surface area (Å²) in [6.45, 7) is 0. The molecular weight excluding hydrogens is 174 g/mol. The fraction of sp³-hybridized carbons (Fsp3) is 0.800. The first-order valence-corrected chi connectivity index (χ1v) is 3.86. The monoisotopic (exact) mass is 183 g/mol. The highest BCUT2D eigenvalue weighted by Crippen LogP contribution is 2.25. The van der Waals surface area contributed by atoms with Gasteiger partial charge >= 0.3 is 5.97 Å². The molecule has 0 aromatic carbocycles. The summed E-state index contributed by atoms with van der Waals surface area (Å²) in [6, 6.07) is -0.132. The molecule has 1 saturated heterocycles. The van der Waals surface area contributed by atoms with Crippen molar-refractivity contribution in [2.24, 2.45) is 5.73 Å². The van der Waals surface area contributed by atoms with Gasteiger partial charge in [-0.25, -0.2) is 0 Å². The Morgan fingerprint density at radius 3 is 2.50 bits per heavy atom. The summed E-state index contributed by atoms with van der Waals surface area (Å²) in [7, 11) is 0. The lowest BCUT2D eigenvalue weighted by atomic mass is 10.2. The number of carbonyl (C=O) groups is 1. The second-order valence-corrected chi connectivity index (χ2v) is 3.33. The number of carboxylic acids is 1. The van der Waals surface area contributed by atoms with Gasteiger partial charge in [-0.15, -0.1) is 24.2 Å². The van der Waals surface area contributed by atoms with Gasteiger partial charge in [0.2, 0.25) is 0 Å². The SMILES string of the molecule is Cl.N[C@H]1CCS[C@H]1C(=O)O. The molecule has 0 aromatic heterocycles. The molecule has 1 aliphatic rings. The summed E-state index contributed by atoms with van der Waals surface area (Å²) in [5.74, 6) is 0.114. The molecule has 0 amide bonds. The molecule has 5 heteroatoms. The smallest absolute Gasteiger partial charge is 0.318 e. The molecule has 10 heavy (non-hydrogen) atoms. The molecule has 0 spiro atoms. The highest BCUT2D eigenvalue weighted by Gasteiger charge is 2.30. The minimum Gasteiger partial charge on any atom is -0.480 e. The van der Waals surface area contributed by atoms with Crippen LogP contribution in [0, 0.1) is 0 Å². The van der Waals surface area contributed by atoms with E-state index in [-0.39, 0.29) is 23.7 Å². The zero-order valence-corrected chi connectivity index (χ0v) is 6.95. The van der Waals surface area contributed by atoms with Crippen LogP contribution in [0.15, 0.2) is 0 Å². The Morgan fingerprint density at radius 2 is 2.30 bits per heavy atom. The van der Waals surface area contributed by atoms with Gasteiger partial charge in [0, 0.05) is 6.04 Å². The number of halogens is 1. The van der Waals surface area contributed by atoms with E-state index in [1.54, 1.807) is 0 Å². The summed E-state index contributed by atoms with van der Waals surface area (Å²) in [6.07, 6.45) is 0.835. The van der Waals surface area contributed by atoms with E-state index < -0.39 is 5.97 Å². The average molecular weight is 184 g/mol. The van der Waals surface area contributed by atoms with E-state index in [4.69, 9.17) is 10.8 Å². The summed E-state index contributed by atoms with van der Waals surface area (Å²) < 4.78 is 0. The van der Waals surface area contributed by atoms with E-state index >= 15 is 0 Å². The van der Waals surface area contributed by atoms with Crippen molar-refractivity contribution in [3.8, 4) is 0 Å². The molecule has 0 saturated carbocycles. The van der Waals surface area contributed by atoms with Crippen molar-refractivity contribution >= 4 is 30.1 Å². The van der Waals surface area contributed by atoms with Crippen LogP contribution >= 0.6 is 24.2 Å². The maximum absolute atomic E-state index is 10.3. The van der Waals surface area contributed by atoms with Crippen molar-refractivity contribution in [1.29, 1.82) is 0 Å². The highest BCUT2D eigenvalue weighted by molar-refractivity contribution is 8.00. The third-order valence-electron chi connectivity index (χ3n) is 1.38.